The van der Waals surface area contributed by atoms with Gasteiger partial charge < -0.3 is 10.5 Å². The summed E-state index contributed by atoms with van der Waals surface area (Å²) in [6.45, 7) is 1.84. The van der Waals surface area contributed by atoms with E-state index in [4.69, 9.17) is 10.5 Å². The molecule has 7 heteroatoms. The molecule has 7 nitrogen and oxygen atoms in total. The molecular weight excluding hydrogens is 236 g/mol. The fourth-order valence-electron chi connectivity index (χ4n) is 1.57. The number of nitrogens with two attached hydrogens (primary N) is 1. The lowest BCUT2D eigenvalue weighted by Crippen LogP contribution is -1.98. The Kier molecular flexibility index (Phi) is 2.88. The first-order valence-electron chi connectivity index (χ1n) is 5.20. The molecule has 18 heavy (non-hydrogen) atoms. The van der Waals surface area contributed by atoms with Gasteiger partial charge in [-0.25, -0.2) is 4.68 Å². The maximum absolute atomic E-state index is 10.6. The Balaban J connectivity index is 2.28. The number of nitro benzene ring substituents is 1. The van der Waals surface area contributed by atoms with Crippen LogP contribution in [-0.2, 0) is 7.05 Å². The van der Waals surface area contributed by atoms with Gasteiger partial charge in [0.2, 0.25) is 5.88 Å². The fourth-order valence-corrected chi connectivity index (χ4v) is 1.57. The fraction of sp³-hybridized carbons (Fsp3) is 0.182. The van der Waals surface area contributed by atoms with Crippen molar-refractivity contribution >= 4 is 11.4 Å². The highest BCUT2D eigenvalue weighted by molar-refractivity contribution is 5.61. The van der Waals surface area contributed by atoms with Crippen LogP contribution in [0.1, 0.15) is 5.69 Å². The lowest BCUT2D eigenvalue weighted by molar-refractivity contribution is -0.383. The van der Waals surface area contributed by atoms with Crippen molar-refractivity contribution in [3.63, 3.8) is 0 Å². The molecule has 2 rings (SSSR count). The van der Waals surface area contributed by atoms with E-state index >= 15 is 0 Å². The van der Waals surface area contributed by atoms with Crippen LogP contribution >= 0.6 is 0 Å². The summed E-state index contributed by atoms with van der Waals surface area (Å²) in [5.41, 5.74) is 6.33. The first-order valence-corrected chi connectivity index (χ1v) is 5.20. The van der Waals surface area contributed by atoms with Crippen LogP contribution in [-0.4, -0.2) is 14.7 Å². The van der Waals surface area contributed by atoms with Crippen LogP contribution in [0.5, 0.6) is 11.6 Å². The van der Waals surface area contributed by atoms with Crippen LogP contribution in [0.15, 0.2) is 24.3 Å². The molecule has 2 aromatic rings. The van der Waals surface area contributed by atoms with Gasteiger partial charge in [-0.2, -0.15) is 5.10 Å². The Bertz CT molecular complexity index is 606. The topological polar surface area (TPSA) is 96.2 Å². The standard InChI is InChI=1S/C11H12N4O3/c1-7-5-11(14(2)13-7)18-8-3-4-10(15(16)17)9(12)6-8/h3-6H,12H2,1-2H3. The number of rotatable bonds is 3. The molecule has 0 aliphatic rings. The Labute approximate surface area is 103 Å². The SMILES string of the molecule is Cc1cc(Oc2ccc([N+](=O)[O-])c(N)c2)n(C)n1. The van der Waals surface area contributed by atoms with Crippen molar-refractivity contribution in [1.82, 2.24) is 9.78 Å². The van der Waals surface area contributed by atoms with E-state index in [-0.39, 0.29) is 11.4 Å². The number of aryl methyl sites for hydroxylation is 2. The van der Waals surface area contributed by atoms with E-state index in [1.165, 1.54) is 18.2 Å². The number of ether oxygens (including phenoxy) is 1. The van der Waals surface area contributed by atoms with Crippen molar-refractivity contribution in [2.24, 2.45) is 7.05 Å². The van der Waals surface area contributed by atoms with Gasteiger partial charge in [-0.15, -0.1) is 0 Å². The van der Waals surface area contributed by atoms with Crippen molar-refractivity contribution < 1.29 is 9.66 Å². The third kappa shape index (κ3) is 2.24. The second kappa shape index (κ2) is 4.36. The Morgan fingerprint density at radius 3 is 2.67 bits per heavy atom. The lowest BCUT2D eigenvalue weighted by atomic mass is 10.2. The predicted octanol–water partition coefficient (Wildman–Crippen LogP) is 2.01. The highest BCUT2D eigenvalue weighted by atomic mass is 16.6. The second-order valence-electron chi connectivity index (χ2n) is 3.83. The number of benzene rings is 1. The molecular formula is C11H12N4O3. The van der Waals surface area contributed by atoms with Crippen molar-refractivity contribution in [1.29, 1.82) is 0 Å². The minimum absolute atomic E-state index is 0.0661. The molecule has 0 saturated carbocycles. The van der Waals surface area contributed by atoms with E-state index in [0.717, 1.165) is 5.69 Å². The molecule has 0 unspecified atom stereocenters. The summed E-state index contributed by atoms with van der Waals surface area (Å²) in [7, 11) is 1.75. The van der Waals surface area contributed by atoms with Crippen molar-refractivity contribution in [3.05, 3.63) is 40.1 Å². The number of hydrogen-bond acceptors (Lipinski definition) is 5. The lowest BCUT2D eigenvalue weighted by Gasteiger charge is -2.06. The van der Waals surface area contributed by atoms with E-state index in [1.807, 2.05) is 6.92 Å². The van der Waals surface area contributed by atoms with Crippen LogP contribution in [0.4, 0.5) is 11.4 Å². The van der Waals surface area contributed by atoms with E-state index in [9.17, 15) is 10.1 Å². The largest absolute Gasteiger partial charge is 0.439 e. The first kappa shape index (κ1) is 11.9. The highest BCUT2D eigenvalue weighted by Gasteiger charge is 2.12. The normalized spacial score (nSPS) is 10.3. The van der Waals surface area contributed by atoms with Gasteiger partial charge in [0.15, 0.2) is 0 Å². The number of anilines is 1. The zero-order valence-electron chi connectivity index (χ0n) is 9.95. The molecule has 2 N–H and O–H groups in total. The summed E-state index contributed by atoms with van der Waals surface area (Å²) in [5.74, 6) is 0.974. The Hall–Kier alpha value is -2.57. The zero-order valence-corrected chi connectivity index (χ0v) is 9.95. The molecule has 0 aliphatic heterocycles. The number of hydrogen-bond donors (Lipinski definition) is 1. The van der Waals surface area contributed by atoms with Gasteiger partial charge >= 0.3 is 0 Å². The van der Waals surface area contributed by atoms with Gasteiger partial charge in [0.1, 0.15) is 11.4 Å². The monoisotopic (exact) mass is 248 g/mol. The molecule has 1 aromatic carbocycles. The maximum Gasteiger partial charge on any atom is 0.292 e. The summed E-state index contributed by atoms with van der Waals surface area (Å²) in [6, 6.07) is 5.99. The smallest absolute Gasteiger partial charge is 0.292 e. The molecule has 0 fully saturated rings. The van der Waals surface area contributed by atoms with Gasteiger partial charge in [-0.3, -0.25) is 10.1 Å². The number of aromatic nitrogens is 2. The summed E-state index contributed by atoms with van der Waals surface area (Å²) in [6.07, 6.45) is 0. The van der Waals surface area contributed by atoms with Gasteiger partial charge in [0, 0.05) is 25.2 Å². The van der Waals surface area contributed by atoms with Crippen molar-refractivity contribution in [3.8, 4) is 11.6 Å². The molecule has 0 radical (unpaired) electrons. The van der Waals surface area contributed by atoms with Gasteiger partial charge in [-0.1, -0.05) is 0 Å². The minimum atomic E-state index is -0.534. The third-order valence-corrected chi connectivity index (χ3v) is 2.38. The minimum Gasteiger partial charge on any atom is -0.439 e. The summed E-state index contributed by atoms with van der Waals surface area (Å²) < 4.78 is 7.12. The van der Waals surface area contributed by atoms with E-state index in [2.05, 4.69) is 5.10 Å². The molecule has 0 amide bonds. The molecule has 0 spiro atoms. The van der Waals surface area contributed by atoms with Gasteiger partial charge in [-0.05, 0) is 13.0 Å². The van der Waals surface area contributed by atoms with E-state index in [1.54, 1.807) is 17.8 Å². The Morgan fingerprint density at radius 2 is 2.17 bits per heavy atom. The maximum atomic E-state index is 10.6. The predicted molar refractivity (Wildman–Crippen MR) is 65.5 cm³/mol. The Morgan fingerprint density at radius 1 is 1.44 bits per heavy atom. The number of nitro groups is 1. The second-order valence-corrected chi connectivity index (χ2v) is 3.83. The molecule has 94 valence electrons. The first-order chi connectivity index (χ1) is 8.47. The van der Waals surface area contributed by atoms with E-state index in [0.29, 0.717) is 11.6 Å². The average molecular weight is 248 g/mol. The molecule has 1 aromatic heterocycles. The van der Waals surface area contributed by atoms with Crippen LogP contribution in [0.25, 0.3) is 0 Å². The number of nitrogens with zero attached hydrogens (tertiary/aromatic N) is 3. The van der Waals surface area contributed by atoms with Crippen LogP contribution in [0, 0.1) is 17.0 Å². The zero-order chi connectivity index (χ0) is 13.3. The highest BCUT2D eigenvalue weighted by Crippen LogP contribution is 2.29. The van der Waals surface area contributed by atoms with Gasteiger partial charge in [0.25, 0.3) is 5.69 Å². The van der Waals surface area contributed by atoms with Crippen LogP contribution < -0.4 is 10.5 Å². The molecule has 0 saturated heterocycles. The van der Waals surface area contributed by atoms with Gasteiger partial charge in [0.05, 0.1) is 10.6 Å². The summed E-state index contributed by atoms with van der Waals surface area (Å²) in [4.78, 5) is 10.1. The van der Waals surface area contributed by atoms with Crippen LogP contribution in [0.2, 0.25) is 0 Å². The summed E-state index contributed by atoms with van der Waals surface area (Å²) >= 11 is 0. The number of nitrogen functional groups attached to an aromatic ring is 1. The van der Waals surface area contributed by atoms with Crippen molar-refractivity contribution in [2.75, 3.05) is 5.73 Å². The van der Waals surface area contributed by atoms with Crippen molar-refractivity contribution in [2.45, 2.75) is 6.92 Å². The quantitative estimate of drug-likeness (QED) is 0.509. The molecule has 0 aliphatic carbocycles. The van der Waals surface area contributed by atoms with Crippen LogP contribution in [0.3, 0.4) is 0 Å². The van der Waals surface area contributed by atoms with E-state index < -0.39 is 4.92 Å². The summed E-state index contributed by atoms with van der Waals surface area (Å²) in [5, 5.41) is 14.7. The third-order valence-electron chi connectivity index (χ3n) is 2.38. The molecule has 0 bridgehead atoms. The average Bonchev–Trinajstić information content (AvgIpc) is 2.57. The molecule has 1 heterocycles. The molecule has 0 atom stereocenters.